The second kappa shape index (κ2) is 9.17. The molecule has 5 rings (SSSR count). The van der Waals surface area contributed by atoms with Crippen molar-refractivity contribution < 1.29 is 4.79 Å². The van der Waals surface area contributed by atoms with Crippen molar-refractivity contribution in [3.63, 3.8) is 0 Å². The van der Waals surface area contributed by atoms with E-state index in [1.165, 1.54) is 32.1 Å². The Labute approximate surface area is 189 Å². The minimum Gasteiger partial charge on any atom is -0.328 e. The molecule has 0 radical (unpaired) electrons. The summed E-state index contributed by atoms with van der Waals surface area (Å²) in [5, 5.41) is 4.24. The maximum Gasteiger partial charge on any atom is 0.257 e. The first-order valence-corrected chi connectivity index (χ1v) is 12.3. The predicted octanol–water partition coefficient (Wildman–Crippen LogP) is 2.90. The molecule has 2 aromatic rings. The Hall–Kier alpha value is -2.48. The first-order valence-electron chi connectivity index (χ1n) is 12.3. The molecule has 32 heavy (non-hydrogen) atoms. The van der Waals surface area contributed by atoms with E-state index >= 15 is 0 Å². The van der Waals surface area contributed by atoms with E-state index in [1.54, 1.807) is 17.1 Å². The number of nitrogens with zero attached hydrogens (tertiary/aromatic N) is 5. The summed E-state index contributed by atoms with van der Waals surface area (Å²) in [4.78, 5) is 38.3. The number of fused-ring (bicyclic) bond motifs is 1. The number of hydrogen-bond acceptors (Lipinski definition) is 5. The van der Waals surface area contributed by atoms with Gasteiger partial charge in [0.2, 0.25) is 0 Å². The van der Waals surface area contributed by atoms with Crippen LogP contribution in [0.25, 0.3) is 0 Å². The molecule has 2 fully saturated rings. The maximum atomic E-state index is 13.2. The lowest BCUT2D eigenvalue weighted by Gasteiger charge is -2.33. The normalized spacial score (nSPS) is 22.3. The lowest BCUT2D eigenvalue weighted by atomic mass is 9.88. The van der Waals surface area contributed by atoms with E-state index in [0.29, 0.717) is 17.9 Å². The van der Waals surface area contributed by atoms with Crippen molar-refractivity contribution in [2.75, 3.05) is 19.6 Å². The summed E-state index contributed by atoms with van der Waals surface area (Å²) in [6.45, 7) is 6.19. The number of aromatic amines is 1. The summed E-state index contributed by atoms with van der Waals surface area (Å²) in [6, 6.07) is -0.181. The Morgan fingerprint density at radius 1 is 1.16 bits per heavy atom. The maximum absolute atomic E-state index is 13.2. The van der Waals surface area contributed by atoms with Crippen molar-refractivity contribution in [3.8, 4) is 0 Å². The molecule has 0 aromatic carbocycles. The molecular formula is C24H34N6O2. The standard InChI is InChI=1S/C24H34N6O2/c1-2-29-15-18(13-25-29)24(32)30-11-6-9-21(30)22-26-20-16-28(12-10-19(20)23(31)27-22)14-17-7-4-3-5-8-17/h13,15,17,21H,2-12,14,16H2,1H3,(H,26,27,31)/t21-/m0/s1. The average Bonchev–Trinajstić information content (AvgIpc) is 3.49. The van der Waals surface area contributed by atoms with E-state index in [1.807, 2.05) is 11.8 Å². The van der Waals surface area contributed by atoms with Gasteiger partial charge in [-0.15, -0.1) is 0 Å². The first-order chi connectivity index (χ1) is 15.6. The van der Waals surface area contributed by atoms with Gasteiger partial charge in [-0.3, -0.25) is 19.2 Å². The number of aryl methyl sites for hydroxylation is 1. The fourth-order valence-corrected chi connectivity index (χ4v) is 5.67. The average molecular weight is 439 g/mol. The van der Waals surface area contributed by atoms with Crippen LogP contribution in [0.4, 0.5) is 0 Å². The van der Waals surface area contributed by atoms with Crippen molar-refractivity contribution >= 4 is 5.91 Å². The van der Waals surface area contributed by atoms with Crippen LogP contribution in [0, 0.1) is 5.92 Å². The molecule has 8 nitrogen and oxygen atoms in total. The third kappa shape index (κ3) is 4.25. The highest BCUT2D eigenvalue weighted by Gasteiger charge is 2.34. The molecule has 1 saturated heterocycles. The molecule has 1 saturated carbocycles. The molecule has 1 atom stereocenters. The number of hydrogen-bond donors (Lipinski definition) is 1. The van der Waals surface area contributed by atoms with E-state index in [9.17, 15) is 9.59 Å². The van der Waals surface area contributed by atoms with E-state index in [0.717, 1.165) is 62.6 Å². The summed E-state index contributed by atoms with van der Waals surface area (Å²) in [7, 11) is 0. The van der Waals surface area contributed by atoms with E-state index < -0.39 is 0 Å². The SMILES string of the molecule is CCn1cc(C(=O)N2CCC[C@H]2c2nc3c(c(=O)[nH]2)CCN(CC2CCCCC2)C3)cn1. The van der Waals surface area contributed by atoms with Crippen LogP contribution in [0.3, 0.4) is 0 Å². The molecule has 172 valence electrons. The molecule has 1 N–H and O–H groups in total. The third-order valence-electron chi connectivity index (χ3n) is 7.45. The van der Waals surface area contributed by atoms with Crippen molar-refractivity contribution in [2.24, 2.45) is 5.92 Å². The van der Waals surface area contributed by atoms with Gasteiger partial charge in [-0.05, 0) is 44.9 Å². The van der Waals surface area contributed by atoms with Gasteiger partial charge in [0.05, 0.1) is 23.5 Å². The van der Waals surface area contributed by atoms with Crippen LogP contribution in [0.2, 0.25) is 0 Å². The van der Waals surface area contributed by atoms with Crippen molar-refractivity contribution in [3.05, 3.63) is 45.4 Å². The molecule has 3 aliphatic rings. The Morgan fingerprint density at radius 2 is 2.00 bits per heavy atom. The number of H-pyrrole nitrogens is 1. The van der Waals surface area contributed by atoms with Crippen LogP contribution in [0.5, 0.6) is 0 Å². The van der Waals surface area contributed by atoms with Gasteiger partial charge >= 0.3 is 0 Å². The Kier molecular flexibility index (Phi) is 6.13. The molecule has 1 aliphatic carbocycles. The van der Waals surface area contributed by atoms with E-state index in [2.05, 4.69) is 15.0 Å². The molecule has 0 spiro atoms. The zero-order valence-corrected chi connectivity index (χ0v) is 19.1. The largest absolute Gasteiger partial charge is 0.328 e. The van der Waals surface area contributed by atoms with Gasteiger partial charge in [0.25, 0.3) is 11.5 Å². The highest BCUT2D eigenvalue weighted by Crippen LogP contribution is 2.32. The van der Waals surface area contributed by atoms with Gasteiger partial charge in [0.1, 0.15) is 5.82 Å². The van der Waals surface area contributed by atoms with Crippen LogP contribution >= 0.6 is 0 Å². The first kappa shape index (κ1) is 21.4. The molecule has 2 aromatic heterocycles. The van der Waals surface area contributed by atoms with Crippen LogP contribution in [-0.2, 0) is 19.5 Å². The number of carbonyl (C=O) groups excluding carboxylic acids is 1. The molecular weight excluding hydrogens is 404 g/mol. The number of nitrogens with one attached hydrogen (secondary N) is 1. The van der Waals surface area contributed by atoms with Crippen molar-refractivity contribution in [1.82, 2.24) is 29.5 Å². The molecule has 8 heteroatoms. The Balaban J connectivity index is 1.35. The summed E-state index contributed by atoms with van der Waals surface area (Å²) in [5.41, 5.74) is 2.30. The number of aromatic nitrogens is 4. The minimum absolute atomic E-state index is 0.0274. The predicted molar refractivity (Wildman–Crippen MR) is 121 cm³/mol. The number of likely N-dealkylation sites (tertiary alicyclic amines) is 1. The smallest absolute Gasteiger partial charge is 0.257 e. The van der Waals surface area contributed by atoms with Crippen LogP contribution in [-0.4, -0.2) is 55.1 Å². The topological polar surface area (TPSA) is 87.1 Å². The lowest BCUT2D eigenvalue weighted by molar-refractivity contribution is 0.0729. The second-order valence-electron chi connectivity index (χ2n) is 9.61. The van der Waals surface area contributed by atoms with Gasteiger partial charge in [0.15, 0.2) is 0 Å². The zero-order valence-electron chi connectivity index (χ0n) is 19.1. The summed E-state index contributed by atoms with van der Waals surface area (Å²) in [6.07, 6.45) is 12.6. The summed E-state index contributed by atoms with van der Waals surface area (Å²) in [5.74, 6) is 1.38. The molecule has 2 aliphatic heterocycles. The van der Waals surface area contributed by atoms with Crippen LogP contribution < -0.4 is 5.56 Å². The van der Waals surface area contributed by atoms with Crippen molar-refractivity contribution in [2.45, 2.75) is 77.4 Å². The third-order valence-corrected chi connectivity index (χ3v) is 7.45. The zero-order chi connectivity index (χ0) is 22.1. The number of amides is 1. The monoisotopic (exact) mass is 438 g/mol. The quantitative estimate of drug-likeness (QED) is 0.776. The van der Waals surface area contributed by atoms with Crippen LogP contribution in [0.1, 0.15) is 85.4 Å². The molecule has 0 unspecified atom stereocenters. The fourth-order valence-electron chi connectivity index (χ4n) is 5.67. The van der Waals surface area contributed by atoms with Crippen LogP contribution in [0.15, 0.2) is 17.2 Å². The van der Waals surface area contributed by atoms with Gasteiger partial charge < -0.3 is 9.88 Å². The number of rotatable bonds is 5. The minimum atomic E-state index is -0.181. The van der Waals surface area contributed by atoms with Gasteiger partial charge in [0, 0.05) is 44.5 Å². The fraction of sp³-hybridized carbons (Fsp3) is 0.667. The summed E-state index contributed by atoms with van der Waals surface area (Å²) < 4.78 is 1.76. The van der Waals surface area contributed by atoms with Gasteiger partial charge in [-0.2, -0.15) is 5.10 Å². The Morgan fingerprint density at radius 3 is 2.78 bits per heavy atom. The molecule has 0 bridgehead atoms. The van der Waals surface area contributed by atoms with Crippen molar-refractivity contribution in [1.29, 1.82) is 0 Å². The highest BCUT2D eigenvalue weighted by atomic mass is 16.2. The lowest BCUT2D eigenvalue weighted by Crippen LogP contribution is -2.39. The van der Waals surface area contributed by atoms with E-state index in [-0.39, 0.29) is 17.5 Å². The van der Waals surface area contributed by atoms with Gasteiger partial charge in [-0.25, -0.2) is 4.98 Å². The second-order valence-corrected chi connectivity index (χ2v) is 9.61. The molecule has 4 heterocycles. The van der Waals surface area contributed by atoms with Gasteiger partial charge in [-0.1, -0.05) is 19.3 Å². The highest BCUT2D eigenvalue weighted by molar-refractivity contribution is 5.94. The van der Waals surface area contributed by atoms with E-state index in [4.69, 9.17) is 4.98 Å². The molecule has 1 amide bonds. The number of carbonyl (C=O) groups is 1. The summed E-state index contributed by atoms with van der Waals surface area (Å²) >= 11 is 0. The Bertz CT molecular complexity index is 1020.